The Labute approximate surface area is 190 Å². The van der Waals surface area contributed by atoms with Crippen molar-refractivity contribution in [1.29, 1.82) is 0 Å². The van der Waals surface area contributed by atoms with Crippen molar-refractivity contribution < 1.29 is 22.0 Å². The minimum atomic E-state index is -3.43. The van der Waals surface area contributed by atoms with Crippen molar-refractivity contribution in [2.75, 3.05) is 16.3 Å². The quantitative estimate of drug-likeness (QED) is 0.383. The van der Waals surface area contributed by atoms with Crippen molar-refractivity contribution in [1.82, 2.24) is 4.98 Å². The highest BCUT2D eigenvalue weighted by atomic mass is 35.5. The summed E-state index contributed by atoms with van der Waals surface area (Å²) in [5, 5.41) is 3.51. The summed E-state index contributed by atoms with van der Waals surface area (Å²) in [5.74, 6) is -1.90. The first kappa shape index (κ1) is 22.1. The van der Waals surface area contributed by atoms with Gasteiger partial charge in [-0.05, 0) is 53.9 Å². The predicted molar refractivity (Wildman–Crippen MR) is 123 cm³/mol. The average molecular weight is 494 g/mol. The van der Waals surface area contributed by atoms with E-state index in [4.69, 9.17) is 11.6 Å². The number of rotatable bonds is 5. The van der Waals surface area contributed by atoms with Gasteiger partial charge >= 0.3 is 0 Å². The third kappa shape index (κ3) is 5.04. The molecule has 2 N–H and O–H groups in total. The van der Waals surface area contributed by atoms with Crippen LogP contribution in [0.15, 0.2) is 54.6 Å². The van der Waals surface area contributed by atoms with E-state index in [1.807, 2.05) is 0 Å². The van der Waals surface area contributed by atoms with E-state index in [9.17, 15) is 22.0 Å². The number of halogens is 3. The van der Waals surface area contributed by atoms with Gasteiger partial charge in [-0.25, -0.2) is 22.2 Å². The van der Waals surface area contributed by atoms with Crippen LogP contribution in [0.2, 0.25) is 5.02 Å². The molecule has 4 rings (SSSR count). The molecule has 0 atom stereocenters. The lowest BCUT2D eigenvalue weighted by molar-refractivity contribution is 0.103. The summed E-state index contributed by atoms with van der Waals surface area (Å²) in [6.07, 6.45) is 1.05. The van der Waals surface area contributed by atoms with Crippen molar-refractivity contribution >= 4 is 60.5 Å². The molecule has 4 aromatic rings. The van der Waals surface area contributed by atoms with Crippen LogP contribution in [0.5, 0.6) is 0 Å². The summed E-state index contributed by atoms with van der Waals surface area (Å²) in [6, 6.07) is 12.4. The summed E-state index contributed by atoms with van der Waals surface area (Å²) in [7, 11) is -3.43. The molecular weight excluding hydrogens is 480 g/mol. The number of nitrogens with zero attached hydrogens (tertiary/aromatic N) is 1. The highest BCUT2D eigenvalue weighted by molar-refractivity contribution is 7.92. The largest absolute Gasteiger partial charge is 0.306 e. The number of carbonyl (C=O) groups excluding carboxylic acids is 1. The standard InChI is InChI=1S/C21H14ClF2N3O3S2/c1-32(29,30)27-14-3-5-18-11(6-14)7-19(31-18)21(28)26-20-9-12(22)8-17(25-20)15-4-2-13(23)10-16(15)24/h2-10,27H,1H3,(H,25,26,28). The minimum Gasteiger partial charge on any atom is -0.306 e. The molecule has 0 saturated heterocycles. The van der Waals surface area contributed by atoms with E-state index >= 15 is 0 Å². The number of carbonyl (C=O) groups is 1. The lowest BCUT2D eigenvalue weighted by Crippen LogP contribution is -2.11. The molecule has 11 heteroatoms. The van der Waals surface area contributed by atoms with Crippen LogP contribution in [-0.2, 0) is 10.0 Å². The number of pyridine rings is 1. The smallest absolute Gasteiger partial charge is 0.266 e. The monoisotopic (exact) mass is 493 g/mol. The van der Waals surface area contributed by atoms with Crippen molar-refractivity contribution in [2.45, 2.75) is 0 Å². The van der Waals surface area contributed by atoms with Gasteiger partial charge in [-0.15, -0.1) is 11.3 Å². The van der Waals surface area contributed by atoms with E-state index in [2.05, 4.69) is 15.0 Å². The Morgan fingerprint density at radius 3 is 2.56 bits per heavy atom. The lowest BCUT2D eigenvalue weighted by Gasteiger charge is -2.08. The Bertz CT molecular complexity index is 1470. The maximum atomic E-state index is 14.1. The molecule has 6 nitrogen and oxygen atoms in total. The van der Waals surface area contributed by atoms with Gasteiger partial charge in [-0.1, -0.05) is 11.6 Å². The summed E-state index contributed by atoms with van der Waals surface area (Å²) < 4.78 is 53.3. The summed E-state index contributed by atoms with van der Waals surface area (Å²) >= 11 is 7.31. The molecule has 2 aromatic carbocycles. The number of fused-ring (bicyclic) bond motifs is 1. The molecule has 2 heterocycles. The third-order valence-electron chi connectivity index (χ3n) is 4.28. The molecule has 32 heavy (non-hydrogen) atoms. The van der Waals surface area contributed by atoms with Crippen LogP contribution < -0.4 is 10.0 Å². The Morgan fingerprint density at radius 2 is 1.84 bits per heavy atom. The van der Waals surface area contributed by atoms with Gasteiger partial charge in [0.2, 0.25) is 10.0 Å². The molecule has 0 aliphatic carbocycles. The van der Waals surface area contributed by atoms with Crippen LogP contribution >= 0.6 is 22.9 Å². The fourth-order valence-corrected chi connectivity index (χ4v) is 4.71. The number of thiophene rings is 1. The zero-order chi connectivity index (χ0) is 23.0. The molecule has 0 aliphatic rings. The molecule has 0 aliphatic heterocycles. The number of hydrogen-bond donors (Lipinski definition) is 2. The molecular formula is C21H14ClF2N3O3S2. The molecule has 1 amide bonds. The van der Waals surface area contributed by atoms with Gasteiger partial charge in [0.25, 0.3) is 5.91 Å². The molecule has 0 bridgehead atoms. The Hall–Kier alpha value is -3.08. The van der Waals surface area contributed by atoms with Crippen LogP contribution in [0.25, 0.3) is 21.3 Å². The number of aromatic nitrogens is 1. The van der Waals surface area contributed by atoms with Crippen LogP contribution in [-0.4, -0.2) is 25.6 Å². The van der Waals surface area contributed by atoms with E-state index in [0.29, 0.717) is 16.0 Å². The second-order valence-electron chi connectivity index (χ2n) is 6.87. The molecule has 0 saturated carbocycles. The van der Waals surface area contributed by atoms with Crippen molar-refractivity contribution in [3.05, 3.63) is 76.1 Å². The van der Waals surface area contributed by atoms with Crippen LogP contribution in [0.1, 0.15) is 9.67 Å². The molecule has 0 radical (unpaired) electrons. The number of anilines is 2. The summed E-state index contributed by atoms with van der Waals surface area (Å²) in [5.41, 5.74) is 0.558. The van der Waals surface area contributed by atoms with Gasteiger partial charge in [0, 0.05) is 27.0 Å². The van der Waals surface area contributed by atoms with Crippen molar-refractivity contribution in [3.8, 4) is 11.3 Å². The van der Waals surface area contributed by atoms with E-state index in [0.717, 1.165) is 23.1 Å². The fraction of sp³-hybridized carbons (Fsp3) is 0.0476. The number of hydrogen-bond acceptors (Lipinski definition) is 5. The first-order valence-electron chi connectivity index (χ1n) is 9.03. The maximum Gasteiger partial charge on any atom is 0.266 e. The normalized spacial score (nSPS) is 11.5. The van der Waals surface area contributed by atoms with E-state index in [-0.39, 0.29) is 22.1 Å². The van der Waals surface area contributed by atoms with Crippen molar-refractivity contribution in [3.63, 3.8) is 0 Å². The number of nitrogens with one attached hydrogen (secondary N) is 2. The van der Waals surface area contributed by atoms with Gasteiger partial charge in [0.15, 0.2) is 0 Å². The zero-order valence-corrected chi connectivity index (χ0v) is 18.7. The third-order valence-corrected chi connectivity index (χ3v) is 6.22. The summed E-state index contributed by atoms with van der Waals surface area (Å²) in [6.45, 7) is 0. The SMILES string of the molecule is CS(=O)(=O)Nc1ccc2sc(C(=O)Nc3cc(Cl)cc(-c4ccc(F)cc4F)n3)cc2c1. The average Bonchev–Trinajstić information content (AvgIpc) is 3.09. The van der Waals surface area contributed by atoms with Crippen LogP contribution in [0.3, 0.4) is 0 Å². The second-order valence-corrected chi connectivity index (χ2v) is 10.1. The molecule has 2 aromatic heterocycles. The number of benzene rings is 2. The van der Waals surface area contributed by atoms with Crippen molar-refractivity contribution in [2.24, 2.45) is 0 Å². The number of sulfonamides is 1. The lowest BCUT2D eigenvalue weighted by atomic mass is 10.1. The molecule has 0 unspecified atom stereocenters. The Morgan fingerprint density at radius 1 is 1.06 bits per heavy atom. The Kier molecular flexibility index (Phi) is 5.85. The molecule has 0 fully saturated rings. The maximum absolute atomic E-state index is 14.1. The van der Waals surface area contributed by atoms with Gasteiger partial charge in [0.05, 0.1) is 16.8 Å². The molecule has 0 spiro atoms. The first-order chi connectivity index (χ1) is 15.1. The Balaban J connectivity index is 1.61. The van der Waals surface area contributed by atoms with Gasteiger partial charge in [-0.2, -0.15) is 0 Å². The van der Waals surface area contributed by atoms with Gasteiger partial charge in [0.1, 0.15) is 17.5 Å². The van der Waals surface area contributed by atoms with E-state index in [1.165, 1.54) is 29.5 Å². The predicted octanol–water partition coefficient (Wildman–Crippen LogP) is 5.52. The van der Waals surface area contributed by atoms with E-state index in [1.54, 1.807) is 24.3 Å². The highest BCUT2D eigenvalue weighted by Crippen LogP contribution is 2.30. The summed E-state index contributed by atoms with van der Waals surface area (Å²) in [4.78, 5) is 17.3. The fourth-order valence-electron chi connectivity index (χ4n) is 3.01. The second kappa shape index (κ2) is 8.45. The van der Waals surface area contributed by atoms with Crippen LogP contribution in [0, 0.1) is 11.6 Å². The highest BCUT2D eigenvalue weighted by Gasteiger charge is 2.15. The number of amides is 1. The van der Waals surface area contributed by atoms with Crippen LogP contribution in [0.4, 0.5) is 20.3 Å². The minimum absolute atomic E-state index is 0.0390. The first-order valence-corrected chi connectivity index (χ1v) is 12.1. The van der Waals surface area contributed by atoms with Gasteiger partial charge < -0.3 is 5.32 Å². The molecule has 164 valence electrons. The van der Waals surface area contributed by atoms with E-state index < -0.39 is 27.6 Å². The topological polar surface area (TPSA) is 88.2 Å². The van der Waals surface area contributed by atoms with Gasteiger partial charge in [-0.3, -0.25) is 9.52 Å². The zero-order valence-electron chi connectivity index (χ0n) is 16.3.